The van der Waals surface area contributed by atoms with Crippen LogP contribution in [0.15, 0.2) is 0 Å². The van der Waals surface area contributed by atoms with Crippen molar-refractivity contribution in [3.63, 3.8) is 0 Å². The number of aliphatic hydroxyl groups is 1. The van der Waals surface area contributed by atoms with E-state index < -0.39 is 0 Å². The molecular formula is C8H17ClO. The fourth-order valence-electron chi connectivity index (χ4n) is 0.893. The normalized spacial score (nSPS) is 16.8. The molecule has 0 aromatic carbocycles. The van der Waals surface area contributed by atoms with Crippen molar-refractivity contribution >= 4 is 11.6 Å². The summed E-state index contributed by atoms with van der Waals surface area (Å²) in [5.41, 5.74) is 0. The zero-order valence-corrected chi connectivity index (χ0v) is 7.56. The van der Waals surface area contributed by atoms with E-state index in [-0.39, 0.29) is 11.5 Å². The van der Waals surface area contributed by atoms with Gasteiger partial charge in [-0.05, 0) is 19.3 Å². The largest absolute Gasteiger partial charge is 0.393 e. The Labute approximate surface area is 68.4 Å². The molecule has 0 amide bonds. The van der Waals surface area contributed by atoms with Crippen molar-refractivity contribution in [3.8, 4) is 0 Å². The predicted molar refractivity (Wildman–Crippen MR) is 45.5 cm³/mol. The van der Waals surface area contributed by atoms with Gasteiger partial charge in [-0.3, -0.25) is 0 Å². The summed E-state index contributed by atoms with van der Waals surface area (Å²) in [7, 11) is 0. The Kier molecular flexibility index (Phi) is 6.14. The van der Waals surface area contributed by atoms with Crippen LogP contribution in [0.5, 0.6) is 0 Å². The summed E-state index contributed by atoms with van der Waals surface area (Å²) < 4.78 is 0. The first-order chi connectivity index (χ1) is 4.70. The zero-order valence-electron chi connectivity index (χ0n) is 6.81. The zero-order chi connectivity index (χ0) is 7.98. The van der Waals surface area contributed by atoms with Gasteiger partial charge in [-0.2, -0.15) is 0 Å². The lowest BCUT2D eigenvalue weighted by Gasteiger charge is -2.11. The van der Waals surface area contributed by atoms with Gasteiger partial charge in [-0.25, -0.2) is 0 Å². The van der Waals surface area contributed by atoms with Crippen molar-refractivity contribution in [2.75, 3.05) is 0 Å². The number of alkyl halides is 1. The van der Waals surface area contributed by atoms with Crippen LogP contribution in [0.1, 0.15) is 39.5 Å². The lowest BCUT2D eigenvalue weighted by atomic mass is 10.1. The van der Waals surface area contributed by atoms with Gasteiger partial charge < -0.3 is 5.11 Å². The minimum atomic E-state index is -0.200. The fraction of sp³-hybridized carbons (Fsp3) is 1.00. The first kappa shape index (κ1) is 10.2. The molecule has 1 nitrogen and oxygen atoms in total. The molecule has 0 saturated heterocycles. The van der Waals surface area contributed by atoms with Crippen molar-refractivity contribution in [2.24, 2.45) is 0 Å². The number of hydrogen-bond donors (Lipinski definition) is 1. The molecule has 2 unspecified atom stereocenters. The highest BCUT2D eigenvalue weighted by molar-refractivity contribution is 6.20. The van der Waals surface area contributed by atoms with E-state index >= 15 is 0 Å². The minimum absolute atomic E-state index is 0.167. The van der Waals surface area contributed by atoms with E-state index in [0.29, 0.717) is 0 Å². The van der Waals surface area contributed by atoms with Gasteiger partial charge in [0, 0.05) is 5.38 Å². The van der Waals surface area contributed by atoms with Crippen LogP contribution in [-0.4, -0.2) is 16.6 Å². The Morgan fingerprint density at radius 3 is 2.40 bits per heavy atom. The molecule has 0 radical (unpaired) electrons. The maximum atomic E-state index is 9.17. The van der Waals surface area contributed by atoms with E-state index in [0.717, 1.165) is 25.7 Å². The maximum absolute atomic E-state index is 9.17. The van der Waals surface area contributed by atoms with Gasteiger partial charge in [0.2, 0.25) is 0 Å². The second kappa shape index (κ2) is 5.99. The Morgan fingerprint density at radius 1 is 1.40 bits per heavy atom. The lowest BCUT2D eigenvalue weighted by molar-refractivity contribution is 0.158. The van der Waals surface area contributed by atoms with Gasteiger partial charge in [-0.15, -0.1) is 11.6 Å². The van der Waals surface area contributed by atoms with Crippen LogP contribution in [0.4, 0.5) is 0 Å². The Morgan fingerprint density at radius 2 is 2.00 bits per heavy atom. The summed E-state index contributed by atoms with van der Waals surface area (Å²) >= 11 is 5.89. The molecule has 0 spiro atoms. The molecule has 0 aromatic heterocycles. The van der Waals surface area contributed by atoms with Crippen LogP contribution in [0.3, 0.4) is 0 Å². The first-order valence-corrected chi connectivity index (χ1v) is 4.46. The van der Waals surface area contributed by atoms with Crippen molar-refractivity contribution in [2.45, 2.75) is 51.0 Å². The predicted octanol–water partition coefficient (Wildman–Crippen LogP) is 2.55. The van der Waals surface area contributed by atoms with Gasteiger partial charge in [-0.1, -0.05) is 20.3 Å². The van der Waals surface area contributed by atoms with Gasteiger partial charge >= 0.3 is 0 Å². The standard InChI is InChI=1S/C8H17ClO/c1-3-5-7(9)6-8(10)4-2/h7-8,10H,3-6H2,1-2H3. The fourth-order valence-corrected chi connectivity index (χ4v) is 1.32. The molecule has 0 aliphatic carbocycles. The van der Waals surface area contributed by atoms with Crippen LogP contribution < -0.4 is 0 Å². The summed E-state index contributed by atoms with van der Waals surface area (Å²) in [6, 6.07) is 0. The highest BCUT2D eigenvalue weighted by Gasteiger charge is 2.08. The highest BCUT2D eigenvalue weighted by Crippen LogP contribution is 2.13. The van der Waals surface area contributed by atoms with Crippen LogP contribution >= 0.6 is 11.6 Å². The summed E-state index contributed by atoms with van der Waals surface area (Å²) in [6.45, 7) is 4.08. The maximum Gasteiger partial charge on any atom is 0.0551 e. The third-order valence-corrected chi connectivity index (χ3v) is 2.00. The van der Waals surface area contributed by atoms with Gasteiger partial charge in [0.1, 0.15) is 0 Å². The average Bonchev–Trinajstić information content (AvgIpc) is 1.88. The molecule has 0 rings (SSSR count). The molecule has 0 heterocycles. The SMILES string of the molecule is CCCC(Cl)CC(O)CC. The highest BCUT2D eigenvalue weighted by atomic mass is 35.5. The van der Waals surface area contributed by atoms with E-state index in [1.54, 1.807) is 0 Å². The monoisotopic (exact) mass is 164 g/mol. The molecule has 0 aromatic rings. The van der Waals surface area contributed by atoms with E-state index in [2.05, 4.69) is 6.92 Å². The molecule has 62 valence electrons. The summed E-state index contributed by atoms with van der Waals surface area (Å²) in [4.78, 5) is 0. The molecule has 2 heteroatoms. The quantitative estimate of drug-likeness (QED) is 0.620. The van der Waals surface area contributed by atoms with Crippen LogP contribution in [0.2, 0.25) is 0 Å². The average molecular weight is 165 g/mol. The summed E-state index contributed by atoms with van der Waals surface area (Å²) in [6.07, 6.45) is 3.47. The second-order valence-electron chi connectivity index (χ2n) is 2.68. The van der Waals surface area contributed by atoms with Crippen molar-refractivity contribution in [3.05, 3.63) is 0 Å². The van der Waals surface area contributed by atoms with Gasteiger partial charge in [0.05, 0.1) is 6.10 Å². The Hall–Kier alpha value is 0.250. The lowest BCUT2D eigenvalue weighted by Crippen LogP contribution is -2.12. The van der Waals surface area contributed by atoms with Crippen LogP contribution in [0.25, 0.3) is 0 Å². The number of aliphatic hydroxyl groups excluding tert-OH is 1. The molecular weight excluding hydrogens is 148 g/mol. The number of rotatable bonds is 5. The smallest absolute Gasteiger partial charge is 0.0551 e. The van der Waals surface area contributed by atoms with Gasteiger partial charge in [0.25, 0.3) is 0 Å². The van der Waals surface area contributed by atoms with Crippen LogP contribution in [0, 0.1) is 0 Å². The third kappa shape index (κ3) is 5.07. The molecule has 0 aliphatic heterocycles. The Bertz CT molecular complexity index is 75.7. The summed E-state index contributed by atoms with van der Waals surface area (Å²) in [5, 5.41) is 9.34. The van der Waals surface area contributed by atoms with E-state index in [1.165, 1.54) is 0 Å². The molecule has 0 aliphatic rings. The molecule has 0 bridgehead atoms. The van der Waals surface area contributed by atoms with Crippen molar-refractivity contribution in [1.29, 1.82) is 0 Å². The molecule has 10 heavy (non-hydrogen) atoms. The van der Waals surface area contributed by atoms with Crippen molar-refractivity contribution in [1.82, 2.24) is 0 Å². The minimum Gasteiger partial charge on any atom is -0.393 e. The Balaban J connectivity index is 3.27. The molecule has 2 atom stereocenters. The van der Waals surface area contributed by atoms with Crippen LogP contribution in [-0.2, 0) is 0 Å². The van der Waals surface area contributed by atoms with Gasteiger partial charge in [0.15, 0.2) is 0 Å². The topological polar surface area (TPSA) is 20.2 Å². The second-order valence-corrected chi connectivity index (χ2v) is 3.30. The molecule has 0 fully saturated rings. The van der Waals surface area contributed by atoms with Crippen molar-refractivity contribution < 1.29 is 5.11 Å². The molecule has 0 saturated carbocycles. The van der Waals surface area contributed by atoms with E-state index in [1.807, 2.05) is 6.92 Å². The summed E-state index contributed by atoms with van der Waals surface area (Å²) in [5.74, 6) is 0. The number of halogens is 1. The third-order valence-electron chi connectivity index (χ3n) is 1.60. The molecule has 1 N–H and O–H groups in total. The van der Waals surface area contributed by atoms with E-state index in [4.69, 9.17) is 11.6 Å². The number of hydrogen-bond acceptors (Lipinski definition) is 1. The van der Waals surface area contributed by atoms with E-state index in [9.17, 15) is 5.11 Å². The first-order valence-electron chi connectivity index (χ1n) is 4.02.